The van der Waals surface area contributed by atoms with Crippen LogP contribution in [0.5, 0.6) is 11.5 Å². The van der Waals surface area contributed by atoms with Crippen molar-refractivity contribution in [3.05, 3.63) is 59.7 Å². The standard InChI is InChI=1S/C22H24FNO7/c1-24-12-18(23)20(31-22(27)15-6-10-17(29-3)11-7-15)19(25)13-30-21(26)14-4-8-16(28-2)9-5-14/h4-12,18-20,25H,13H2,1-3H3/t18-,19-,20+/m1/s1. The molecule has 0 saturated carbocycles. The quantitative estimate of drug-likeness (QED) is 0.453. The summed E-state index contributed by atoms with van der Waals surface area (Å²) in [7, 11) is 4.31. The first-order valence-corrected chi connectivity index (χ1v) is 9.30. The van der Waals surface area contributed by atoms with Crippen LogP contribution < -0.4 is 9.47 Å². The second-order valence-electron chi connectivity index (χ2n) is 6.34. The normalized spacial score (nSPS) is 13.8. The molecule has 0 aliphatic heterocycles. The molecule has 0 heterocycles. The number of carbonyl (C=O) groups is 2. The molecule has 2 aromatic carbocycles. The van der Waals surface area contributed by atoms with Gasteiger partial charge in [0.05, 0.1) is 25.3 Å². The summed E-state index contributed by atoms with van der Waals surface area (Å²) in [6.07, 6.45) is -4.29. The smallest absolute Gasteiger partial charge is 0.338 e. The third kappa shape index (κ3) is 6.78. The van der Waals surface area contributed by atoms with Crippen LogP contribution >= 0.6 is 0 Å². The molecule has 0 fully saturated rings. The predicted molar refractivity (Wildman–Crippen MR) is 111 cm³/mol. The number of alkyl halides is 1. The van der Waals surface area contributed by atoms with Crippen molar-refractivity contribution < 1.29 is 38.0 Å². The van der Waals surface area contributed by atoms with Gasteiger partial charge in [-0.2, -0.15) is 0 Å². The number of ether oxygens (including phenoxy) is 4. The first-order chi connectivity index (χ1) is 14.9. The van der Waals surface area contributed by atoms with Crippen molar-refractivity contribution in [1.29, 1.82) is 0 Å². The van der Waals surface area contributed by atoms with Gasteiger partial charge >= 0.3 is 11.9 Å². The molecule has 9 heteroatoms. The van der Waals surface area contributed by atoms with Gasteiger partial charge in [0.2, 0.25) is 0 Å². The van der Waals surface area contributed by atoms with Crippen molar-refractivity contribution >= 4 is 18.2 Å². The third-order valence-electron chi connectivity index (χ3n) is 4.26. The molecule has 0 aliphatic rings. The number of methoxy groups -OCH3 is 2. The Morgan fingerprint density at radius 3 is 1.90 bits per heavy atom. The molecule has 2 aromatic rings. The van der Waals surface area contributed by atoms with Gasteiger partial charge in [-0.15, -0.1) is 0 Å². The molecule has 0 aromatic heterocycles. The minimum Gasteiger partial charge on any atom is -0.497 e. The van der Waals surface area contributed by atoms with E-state index in [-0.39, 0.29) is 11.1 Å². The van der Waals surface area contributed by atoms with Crippen LogP contribution in [0.15, 0.2) is 53.5 Å². The number of hydrogen-bond donors (Lipinski definition) is 1. The molecule has 0 spiro atoms. The van der Waals surface area contributed by atoms with Crippen LogP contribution in [0.1, 0.15) is 20.7 Å². The minimum absolute atomic E-state index is 0.133. The highest BCUT2D eigenvalue weighted by Gasteiger charge is 2.32. The number of esters is 2. The lowest BCUT2D eigenvalue weighted by Crippen LogP contribution is -2.43. The molecule has 3 atom stereocenters. The van der Waals surface area contributed by atoms with E-state index in [2.05, 4.69) is 4.99 Å². The van der Waals surface area contributed by atoms with Gasteiger partial charge in [-0.05, 0) is 48.5 Å². The lowest BCUT2D eigenvalue weighted by Gasteiger charge is -2.24. The molecule has 0 radical (unpaired) electrons. The second-order valence-corrected chi connectivity index (χ2v) is 6.34. The van der Waals surface area contributed by atoms with E-state index in [0.29, 0.717) is 11.5 Å². The number of aliphatic imine (C=N–C) groups is 1. The summed E-state index contributed by atoms with van der Waals surface area (Å²) in [6.45, 7) is -0.594. The van der Waals surface area contributed by atoms with Crippen molar-refractivity contribution in [2.24, 2.45) is 4.99 Å². The molecule has 31 heavy (non-hydrogen) atoms. The van der Waals surface area contributed by atoms with E-state index < -0.39 is 36.9 Å². The third-order valence-corrected chi connectivity index (χ3v) is 4.26. The van der Waals surface area contributed by atoms with Crippen molar-refractivity contribution in [2.75, 3.05) is 27.9 Å². The van der Waals surface area contributed by atoms with Gasteiger partial charge < -0.3 is 24.1 Å². The fraction of sp³-hybridized carbons (Fsp3) is 0.318. The first-order valence-electron chi connectivity index (χ1n) is 9.30. The number of carbonyl (C=O) groups excluding carboxylic acids is 2. The highest BCUT2D eigenvalue weighted by atomic mass is 19.1. The molecule has 166 valence electrons. The van der Waals surface area contributed by atoms with E-state index in [1.807, 2.05) is 0 Å². The van der Waals surface area contributed by atoms with Crippen molar-refractivity contribution in [2.45, 2.75) is 18.4 Å². The van der Waals surface area contributed by atoms with Gasteiger partial charge in [-0.3, -0.25) is 4.99 Å². The highest BCUT2D eigenvalue weighted by Crippen LogP contribution is 2.17. The number of aliphatic hydroxyl groups is 1. The van der Waals surface area contributed by atoms with E-state index >= 15 is 0 Å². The monoisotopic (exact) mass is 433 g/mol. The molecule has 0 bridgehead atoms. The van der Waals surface area contributed by atoms with E-state index in [9.17, 15) is 19.1 Å². The fourth-order valence-electron chi connectivity index (χ4n) is 2.57. The average Bonchev–Trinajstić information content (AvgIpc) is 2.80. The topological polar surface area (TPSA) is 104 Å². The average molecular weight is 433 g/mol. The summed E-state index contributed by atoms with van der Waals surface area (Å²) >= 11 is 0. The van der Waals surface area contributed by atoms with Gasteiger partial charge in [0, 0.05) is 13.3 Å². The lowest BCUT2D eigenvalue weighted by molar-refractivity contribution is -0.0591. The zero-order valence-corrected chi connectivity index (χ0v) is 17.4. The Bertz CT molecular complexity index is 884. The minimum atomic E-state index is -1.91. The Morgan fingerprint density at radius 1 is 0.968 bits per heavy atom. The summed E-state index contributed by atoms with van der Waals surface area (Å²) in [5.74, 6) is -0.511. The van der Waals surface area contributed by atoms with Gasteiger partial charge in [0.25, 0.3) is 0 Å². The maximum absolute atomic E-state index is 14.5. The molecule has 0 saturated heterocycles. The van der Waals surface area contributed by atoms with Crippen LogP contribution in [-0.2, 0) is 9.47 Å². The summed E-state index contributed by atoms with van der Waals surface area (Å²) in [4.78, 5) is 28.1. The first kappa shape index (κ1) is 23.8. The van der Waals surface area contributed by atoms with Crippen molar-refractivity contribution in [3.8, 4) is 11.5 Å². The summed E-state index contributed by atoms with van der Waals surface area (Å²) in [6, 6.07) is 12.1. The van der Waals surface area contributed by atoms with Crippen LogP contribution in [0, 0.1) is 0 Å². The van der Waals surface area contributed by atoms with Crippen LogP contribution in [0.25, 0.3) is 0 Å². The maximum Gasteiger partial charge on any atom is 0.338 e. The van der Waals surface area contributed by atoms with Gasteiger partial charge in [-0.25, -0.2) is 14.0 Å². The molecule has 2 rings (SSSR count). The van der Waals surface area contributed by atoms with Gasteiger partial charge in [0.1, 0.15) is 24.2 Å². The van der Waals surface area contributed by atoms with Gasteiger partial charge in [-0.1, -0.05) is 0 Å². The largest absolute Gasteiger partial charge is 0.497 e. The highest BCUT2D eigenvalue weighted by molar-refractivity contribution is 5.90. The van der Waals surface area contributed by atoms with Crippen molar-refractivity contribution in [1.82, 2.24) is 0 Å². The van der Waals surface area contributed by atoms with Crippen LogP contribution in [0.3, 0.4) is 0 Å². The van der Waals surface area contributed by atoms with Crippen LogP contribution in [0.2, 0.25) is 0 Å². The van der Waals surface area contributed by atoms with E-state index in [0.717, 1.165) is 6.21 Å². The Morgan fingerprint density at radius 2 is 1.45 bits per heavy atom. The molecular weight excluding hydrogens is 409 g/mol. The second kappa shape index (κ2) is 11.7. The molecule has 0 aliphatic carbocycles. The predicted octanol–water partition coefficient (Wildman–Crippen LogP) is 2.49. The van der Waals surface area contributed by atoms with Crippen LogP contribution in [-0.4, -0.2) is 69.5 Å². The van der Waals surface area contributed by atoms with E-state index in [4.69, 9.17) is 18.9 Å². The summed E-state index contributed by atoms with van der Waals surface area (Å²) in [5, 5.41) is 10.4. The maximum atomic E-state index is 14.5. The zero-order valence-electron chi connectivity index (χ0n) is 17.4. The molecule has 8 nitrogen and oxygen atoms in total. The van der Waals surface area contributed by atoms with Gasteiger partial charge in [0.15, 0.2) is 12.3 Å². The van der Waals surface area contributed by atoms with E-state index in [1.165, 1.54) is 45.5 Å². The van der Waals surface area contributed by atoms with Crippen molar-refractivity contribution in [3.63, 3.8) is 0 Å². The number of halogens is 1. The van der Waals surface area contributed by atoms with E-state index in [1.54, 1.807) is 24.3 Å². The Balaban J connectivity index is 2.05. The summed E-state index contributed by atoms with van der Waals surface area (Å²) < 4.78 is 34.7. The summed E-state index contributed by atoms with van der Waals surface area (Å²) in [5.41, 5.74) is 0.348. The molecule has 0 amide bonds. The Hall–Kier alpha value is -3.46. The Kier molecular flexibility index (Phi) is 8.95. The zero-order chi connectivity index (χ0) is 22.8. The fourth-order valence-corrected chi connectivity index (χ4v) is 2.57. The Labute approximate surface area is 179 Å². The van der Waals surface area contributed by atoms with Crippen LogP contribution in [0.4, 0.5) is 4.39 Å². The number of rotatable bonds is 10. The molecular formula is C22H24FNO7. The number of benzene rings is 2. The number of nitrogens with zero attached hydrogens (tertiary/aromatic N) is 1. The molecule has 1 N–H and O–H groups in total. The SMILES string of the molecule is CN=C[C@@H](F)[C@H](OC(=O)c1ccc(OC)cc1)[C@H](O)COC(=O)c1ccc(OC)cc1. The lowest BCUT2D eigenvalue weighted by atomic mass is 10.1. The molecule has 0 unspecified atom stereocenters. The number of aliphatic hydroxyl groups excluding tert-OH is 1. The number of hydrogen-bond acceptors (Lipinski definition) is 8.